The average Bonchev–Trinajstić information content (AvgIpc) is 3.77. The van der Waals surface area contributed by atoms with E-state index in [-0.39, 0.29) is 18.1 Å². The largest absolute Gasteiger partial charge is 0.496 e. The van der Waals surface area contributed by atoms with Crippen molar-refractivity contribution in [3.63, 3.8) is 0 Å². The molecule has 0 N–H and O–H groups in total. The van der Waals surface area contributed by atoms with Crippen LogP contribution in [0.1, 0.15) is 21.5 Å². The SMILES string of the molecule is COc1cc(OCc2cccc3c2CCN3C(=O)c2ccccc2F)c2cc(-c3cn4nc(OC)sc4n3)oc2c1. The van der Waals surface area contributed by atoms with E-state index >= 15 is 0 Å². The molecule has 1 aliphatic rings. The van der Waals surface area contributed by atoms with Gasteiger partial charge in [0, 0.05) is 24.4 Å². The van der Waals surface area contributed by atoms with E-state index in [0.717, 1.165) is 22.2 Å². The molecule has 0 spiro atoms. The van der Waals surface area contributed by atoms with Gasteiger partial charge in [-0.05, 0) is 53.1 Å². The van der Waals surface area contributed by atoms with Gasteiger partial charge in [0.1, 0.15) is 35.2 Å². The Balaban J connectivity index is 1.18. The number of anilines is 1. The number of rotatable bonds is 7. The van der Waals surface area contributed by atoms with E-state index in [0.29, 0.717) is 51.7 Å². The molecule has 206 valence electrons. The topological polar surface area (TPSA) is 91.3 Å². The van der Waals surface area contributed by atoms with Crippen LogP contribution >= 0.6 is 11.3 Å². The van der Waals surface area contributed by atoms with Crippen molar-refractivity contribution in [3.8, 4) is 28.1 Å². The zero-order valence-corrected chi connectivity index (χ0v) is 22.9. The van der Waals surface area contributed by atoms with Crippen LogP contribution in [-0.4, -0.2) is 41.3 Å². The number of hydrogen-bond donors (Lipinski definition) is 0. The van der Waals surface area contributed by atoms with Gasteiger partial charge in [0.15, 0.2) is 5.76 Å². The molecule has 1 amide bonds. The predicted molar refractivity (Wildman–Crippen MR) is 152 cm³/mol. The van der Waals surface area contributed by atoms with Crippen molar-refractivity contribution in [3.05, 3.63) is 89.4 Å². The third-order valence-electron chi connectivity index (χ3n) is 7.12. The smallest absolute Gasteiger partial charge is 0.294 e. The van der Waals surface area contributed by atoms with Crippen molar-refractivity contribution in [1.82, 2.24) is 14.6 Å². The quantitative estimate of drug-likeness (QED) is 0.228. The van der Waals surface area contributed by atoms with Gasteiger partial charge in [-0.2, -0.15) is 0 Å². The number of amides is 1. The first-order chi connectivity index (χ1) is 20.0. The number of hydrogen-bond acceptors (Lipinski definition) is 8. The molecule has 0 saturated carbocycles. The molecule has 11 heteroatoms. The van der Waals surface area contributed by atoms with Gasteiger partial charge in [-0.15, -0.1) is 5.10 Å². The lowest BCUT2D eigenvalue weighted by Crippen LogP contribution is -2.29. The first kappa shape index (κ1) is 25.1. The standard InChI is InChI=1S/C30H23FN4O5S/c1-37-18-12-25(21-14-27(40-26(21)13-18)23-15-35-29(32-23)41-30(33-35)38-2)39-16-17-6-5-9-24-19(17)10-11-34(24)28(36)20-7-3-4-8-22(20)31/h3-9,12-15H,10-11,16H2,1-2H3. The fourth-order valence-corrected chi connectivity index (χ4v) is 5.82. The second-order valence-corrected chi connectivity index (χ2v) is 10.4. The summed E-state index contributed by atoms with van der Waals surface area (Å²) in [7, 11) is 3.15. The number of halogens is 1. The molecule has 0 aliphatic carbocycles. The number of furan rings is 1. The molecule has 6 aromatic rings. The summed E-state index contributed by atoms with van der Waals surface area (Å²) in [5.74, 6) is 0.861. The molecule has 0 unspecified atom stereocenters. The van der Waals surface area contributed by atoms with Crippen molar-refractivity contribution >= 4 is 38.9 Å². The zero-order chi connectivity index (χ0) is 28.1. The number of ether oxygens (including phenoxy) is 3. The minimum atomic E-state index is -0.529. The summed E-state index contributed by atoms with van der Waals surface area (Å²) in [6.45, 7) is 0.731. The highest BCUT2D eigenvalue weighted by Gasteiger charge is 2.29. The summed E-state index contributed by atoms with van der Waals surface area (Å²) in [4.78, 5) is 20.1. The maximum absolute atomic E-state index is 14.3. The fourth-order valence-electron chi connectivity index (χ4n) is 5.12. The normalized spacial score (nSPS) is 12.7. The third-order valence-corrected chi connectivity index (χ3v) is 8.00. The van der Waals surface area contributed by atoms with Crippen LogP contribution in [-0.2, 0) is 13.0 Å². The van der Waals surface area contributed by atoms with Gasteiger partial charge < -0.3 is 23.5 Å². The lowest BCUT2D eigenvalue weighted by Gasteiger charge is -2.18. The maximum atomic E-state index is 14.3. The third kappa shape index (κ3) is 4.34. The molecular weight excluding hydrogens is 547 g/mol. The Kier molecular flexibility index (Phi) is 6.08. The molecule has 9 nitrogen and oxygen atoms in total. The highest BCUT2D eigenvalue weighted by atomic mass is 32.1. The zero-order valence-electron chi connectivity index (χ0n) is 22.1. The van der Waals surface area contributed by atoms with E-state index in [1.165, 1.54) is 23.5 Å². The summed E-state index contributed by atoms with van der Waals surface area (Å²) in [5, 5.41) is 5.62. The summed E-state index contributed by atoms with van der Waals surface area (Å²) >= 11 is 1.33. The molecule has 41 heavy (non-hydrogen) atoms. The Morgan fingerprint density at radius 3 is 2.78 bits per heavy atom. The van der Waals surface area contributed by atoms with E-state index in [4.69, 9.17) is 18.6 Å². The van der Waals surface area contributed by atoms with E-state index in [1.807, 2.05) is 30.3 Å². The fraction of sp³-hybridized carbons (Fsp3) is 0.167. The Bertz CT molecular complexity index is 1910. The number of benzene rings is 3. The first-order valence-corrected chi connectivity index (χ1v) is 13.7. The van der Waals surface area contributed by atoms with Crippen molar-refractivity contribution in [2.24, 2.45) is 0 Å². The van der Waals surface area contributed by atoms with Crippen molar-refractivity contribution in [1.29, 1.82) is 0 Å². The van der Waals surface area contributed by atoms with Crippen molar-refractivity contribution in [2.45, 2.75) is 13.0 Å². The van der Waals surface area contributed by atoms with Crippen LogP contribution in [0.3, 0.4) is 0 Å². The van der Waals surface area contributed by atoms with Crippen LogP contribution in [0.15, 0.2) is 71.3 Å². The Hall–Kier alpha value is -4.90. The van der Waals surface area contributed by atoms with E-state index < -0.39 is 5.82 Å². The number of nitrogens with zero attached hydrogens (tertiary/aromatic N) is 4. The molecule has 1 aliphatic heterocycles. The van der Waals surface area contributed by atoms with Gasteiger partial charge in [0.2, 0.25) is 4.96 Å². The summed E-state index contributed by atoms with van der Waals surface area (Å²) in [5.41, 5.74) is 4.00. The molecule has 0 saturated heterocycles. The van der Waals surface area contributed by atoms with Crippen LogP contribution in [0, 0.1) is 5.82 Å². The highest BCUT2D eigenvalue weighted by molar-refractivity contribution is 7.18. The molecule has 0 radical (unpaired) electrons. The molecule has 7 rings (SSSR count). The number of imidazole rings is 1. The van der Waals surface area contributed by atoms with Crippen molar-refractivity contribution in [2.75, 3.05) is 25.7 Å². The molecule has 3 aromatic carbocycles. The Labute approximate surface area is 237 Å². The van der Waals surface area contributed by atoms with Gasteiger partial charge in [-0.25, -0.2) is 13.9 Å². The molecule has 4 heterocycles. The summed E-state index contributed by atoms with van der Waals surface area (Å²) in [6, 6.07) is 17.3. The summed E-state index contributed by atoms with van der Waals surface area (Å²) < 4.78 is 39.2. The Morgan fingerprint density at radius 1 is 1.10 bits per heavy atom. The molecule has 0 fully saturated rings. The molecule has 0 bridgehead atoms. The van der Waals surface area contributed by atoms with Crippen LogP contribution in [0.5, 0.6) is 16.7 Å². The van der Waals surface area contributed by atoms with Crippen LogP contribution in [0.2, 0.25) is 0 Å². The lowest BCUT2D eigenvalue weighted by atomic mass is 10.1. The van der Waals surface area contributed by atoms with E-state index in [2.05, 4.69) is 10.1 Å². The number of carbonyl (C=O) groups is 1. The number of aromatic nitrogens is 3. The summed E-state index contributed by atoms with van der Waals surface area (Å²) in [6.07, 6.45) is 2.43. The highest BCUT2D eigenvalue weighted by Crippen LogP contribution is 2.39. The molecule has 0 atom stereocenters. The molecular formula is C30H23FN4O5S. The van der Waals surface area contributed by atoms with Gasteiger partial charge in [0.25, 0.3) is 11.1 Å². The van der Waals surface area contributed by atoms with Gasteiger partial charge >= 0.3 is 0 Å². The van der Waals surface area contributed by atoms with E-state index in [9.17, 15) is 9.18 Å². The second kappa shape index (κ2) is 9.93. The lowest BCUT2D eigenvalue weighted by molar-refractivity contribution is 0.0985. The average molecular weight is 571 g/mol. The maximum Gasteiger partial charge on any atom is 0.294 e. The minimum absolute atomic E-state index is 0.0593. The number of carbonyl (C=O) groups excluding carboxylic acids is 1. The van der Waals surface area contributed by atoms with Gasteiger partial charge in [-0.1, -0.05) is 24.3 Å². The second-order valence-electron chi connectivity index (χ2n) is 9.46. The minimum Gasteiger partial charge on any atom is -0.496 e. The first-order valence-electron chi connectivity index (χ1n) is 12.8. The van der Waals surface area contributed by atoms with Gasteiger partial charge in [0.05, 0.1) is 31.4 Å². The van der Waals surface area contributed by atoms with Crippen LogP contribution < -0.4 is 19.1 Å². The number of fused-ring (bicyclic) bond motifs is 3. The monoisotopic (exact) mass is 570 g/mol. The molecule has 3 aromatic heterocycles. The van der Waals surface area contributed by atoms with Crippen LogP contribution in [0.25, 0.3) is 27.4 Å². The number of methoxy groups -OCH3 is 2. The van der Waals surface area contributed by atoms with Gasteiger partial charge in [-0.3, -0.25) is 4.79 Å². The van der Waals surface area contributed by atoms with Crippen LogP contribution in [0.4, 0.5) is 10.1 Å². The van der Waals surface area contributed by atoms with E-state index in [1.54, 1.807) is 48.0 Å². The predicted octanol–water partition coefficient (Wildman–Crippen LogP) is 6.14. The Morgan fingerprint density at radius 2 is 1.98 bits per heavy atom. The van der Waals surface area contributed by atoms with Crippen molar-refractivity contribution < 1.29 is 27.8 Å².